The van der Waals surface area contributed by atoms with Gasteiger partial charge in [0.2, 0.25) is 0 Å². The number of aromatic nitrogens is 5. The molecule has 0 saturated carbocycles. The average molecular weight is 957 g/mol. The molecule has 5 heterocycles. The summed E-state index contributed by atoms with van der Waals surface area (Å²) in [5.74, 6) is 1.15. The molecule has 0 atom stereocenters. The Hall–Kier alpha value is -6.62. The molecule has 0 bridgehead atoms. The molecule has 0 saturated heterocycles. The van der Waals surface area contributed by atoms with Crippen LogP contribution in [0.5, 0.6) is 11.5 Å². The van der Waals surface area contributed by atoms with Crippen molar-refractivity contribution in [1.82, 2.24) is 23.8 Å². The molecule has 0 aliphatic heterocycles. The molecular weight excluding hydrogens is 918 g/mol. The third-order valence-corrected chi connectivity index (χ3v) is 12.1. The van der Waals surface area contributed by atoms with E-state index in [0.29, 0.717) is 11.5 Å². The molecule has 11 rings (SSSR count). The fourth-order valence-electron chi connectivity index (χ4n) is 9.56. The van der Waals surface area contributed by atoms with E-state index < -0.39 is 0 Å². The summed E-state index contributed by atoms with van der Waals surface area (Å²) in [5, 5.41) is 6.01. The van der Waals surface area contributed by atoms with Gasteiger partial charge in [0.25, 0.3) is 0 Å². The first-order valence-corrected chi connectivity index (χ1v) is 20.0. The van der Waals surface area contributed by atoms with E-state index in [0.717, 1.165) is 66.0 Å². The molecule has 292 valence electrons. The van der Waals surface area contributed by atoms with Gasteiger partial charge in [0.15, 0.2) is 0 Å². The van der Waals surface area contributed by atoms with Crippen molar-refractivity contribution in [3.63, 3.8) is 0 Å². The zero-order valence-corrected chi connectivity index (χ0v) is 36.4. The number of aryl methyl sites for hydroxylation is 6. The summed E-state index contributed by atoms with van der Waals surface area (Å²) in [6, 6.07) is 43.7. The molecule has 7 heteroatoms. The van der Waals surface area contributed by atoms with Gasteiger partial charge in [-0.25, -0.2) is 4.98 Å². The van der Waals surface area contributed by atoms with Crippen LogP contribution in [-0.2, 0) is 21.1 Å². The summed E-state index contributed by atoms with van der Waals surface area (Å²) in [6.07, 6.45) is 7.71. The molecule has 6 aromatic carbocycles. The Kier molecular flexibility index (Phi) is 8.96. The van der Waals surface area contributed by atoms with Gasteiger partial charge in [-0.15, -0.1) is 12.1 Å². The van der Waals surface area contributed by atoms with Crippen LogP contribution in [0, 0.1) is 53.7 Å². The standard InChI is InChI=1S/C53H39N5O.Pt/c1-30-11-7-12-31(2)46(30)41-22-23-44-49(50(41)48-34(5)15-9-16-35(48)6)39-21-19-37(28-43(39)51-55-25-26-57(44)51)59-36-18-20-38-40-17-10-24-54-52(40)58-45(29-56-53(58)42(38)27-36)47-32(3)13-8-14-33(47)4;/h7-26,29H,1-6H3;/q-2;+2. The molecule has 60 heavy (non-hydrogen) atoms. The fourth-order valence-corrected chi connectivity index (χ4v) is 9.56. The minimum atomic E-state index is 0. The van der Waals surface area contributed by atoms with E-state index in [4.69, 9.17) is 19.7 Å². The number of hydrogen-bond donors (Lipinski definition) is 0. The molecule has 5 aromatic heterocycles. The van der Waals surface area contributed by atoms with Crippen LogP contribution in [0.15, 0.2) is 128 Å². The summed E-state index contributed by atoms with van der Waals surface area (Å²) in [4.78, 5) is 14.8. The van der Waals surface area contributed by atoms with Crippen LogP contribution in [0.3, 0.4) is 0 Å². The van der Waals surface area contributed by atoms with Crippen LogP contribution in [0.1, 0.15) is 33.4 Å². The van der Waals surface area contributed by atoms with Gasteiger partial charge in [-0.3, -0.25) is 9.97 Å². The maximum absolute atomic E-state index is 6.70. The SMILES string of the molecule is Cc1cccc(C)c1-c1ccc2c(c1-c1c(C)cccc1C)c1ccc(Oc3[c-]c4c(cc3)c3cccnc3n3c(-c5c(C)cccc5C)cnc43)[c-]c1c1nccn21.[Pt+2]. The minimum absolute atomic E-state index is 0. The molecular formula is C53H39N5OPt. The number of rotatable bonds is 5. The number of ether oxygens (including phenoxy) is 1. The zero-order valence-electron chi connectivity index (χ0n) is 34.1. The monoisotopic (exact) mass is 956 g/mol. The molecule has 11 aromatic rings. The number of fused-ring (bicyclic) bond motifs is 12. The van der Waals surface area contributed by atoms with Gasteiger partial charge in [0, 0.05) is 47.4 Å². The van der Waals surface area contributed by atoms with Crippen molar-refractivity contribution < 1.29 is 25.8 Å². The number of imidazole rings is 2. The van der Waals surface area contributed by atoms with E-state index in [1.165, 1.54) is 55.6 Å². The van der Waals surface area contributed by atoms with Crippen molar-refractivity contribution in [2.75, 3.05) is 0 Å². The van der Waals surface area contributed by atoms with E-state index in [9.17, 15) is 0 Å². The fraction of sp³-hybridized carbons (Fsp3) is 0.113. The Bertz CT molecular complexity index is 3500. The first kappa shape index (κ1) is 37.6. The Morgan fingerprint density at radius 3 is 1.73 bits per heavy atom. The topological polar surface area (TPSA) is 56.7 Å². The normalized spacial score (nSPS) is 11.7. The second-order valence-electron chi connectivity index (χ2n) is 15.8. The number of pyridine rings is 3. The maximum Gasteiger partial charge on any atom is 2.00 e. The van der Waals surface area contributed by atoms with Crippen LogP contribution >= 0.6 is 0 Å². The second kappa shape index (κ2) is 14.3. The van der Waals surface area contributed by atoms with Gasteiger partial charge in [0.1, 0.15) is 5.65 Å². The average Bonchev–Trinajstić information content (AvgIpc) is 3.91. The first-order valence-electron chi connectivity index (χ1n) is 20.0. The molecule has 0 amide bonds. The van der Waals surface area contributed by atoms with Crippen LogP contribution in [-0.4, -0.2) is 23.8 Å². The van der Waals surface area contributed by atoms with Gasteiger partial charge >= 0.3 is 21.1 Å². The van der Waals surface area contributed by atoms with Crippen molar-refractivity contribution in [2.24, 2.45) is 0 Å². The second-order valence-corrected chi connectivity index (χ2v) is 15.8. The van der Waals surface area contributed by atoms with Crippen molar-refractivity contribution in [2.45, 2.75) is 41.5 Å². The third-order valence-electron chi connectivity index (χ3n) is 12.1. The Morgan fingerprint density at radius 2 is 1.07 bits per heavy atom. The first-order chi connectivity index (χ1) is 28.8. The molecule has 0 unspecified atom stereocenters. The molecule has 0 fully saturated rings. The van der Waals surface area contributed by atoms with Crippen LogP contribution in [0.4, 0.5) is 0 Å². The summed E-state index contributed by atoms with van der Waals surface area (Å²) >= 11 is 0. The summed E-state index contributed by atoms with van der Waals surface area (Å²) in [6.45, 7) is 13.1. The quantitative estimate of drug-likeness (QED) is 0.127. The summed E-state index contributed by atoms with van der Waals surface area (Å²) < 4.78 is 11.1. The molecule has 0 spiro atoms. The summed E-state index contributed by atoms with van der Waals surface area (Å²) in [5.41, 5.74) is 18.0. The minimum Gasteiger partial charge on any atom is -0.497 e. The molecule has 0 aliphatic rings. The van der Waals surface area contributed by atoms with Crippen molar-refractivity contribution in [3.05, 3.63) is 173 Å². The molecule has 0 aliphatic carbocycles. The Balaban J connectivity index is 0.00000433. The molecule has 0 N–H and O–H groups in total. The third kappa shape index (κ3) is 5.62. The van der Waals surface area contributed by atoms with Gasteiger partial charge in [-0.2, -0.15) is 0 Å². The van der Waals surface area contributed by atoms with Crippen LogP contribution < -0.4 is 4.74 Å². The zero-order chi connectivity index (χ0) is 40.1. The Morgan fingerprint density at radius 1 is 0.483 bits per heavy atom. The van der Waals surface area contributed by atoms with E-state index in [1.54, 1.807) is 0 Å². The van der Waals surface area contributed by atoms with Gasteiger partial charge in [-0.05, 0) is 120 Å². The predicted molar refractivity (Wildman–Crippen MR) is 241 cm³/mol. The van der Waals surface area contributed by atoms with Crippen molar-refractivity contribution in [1.29, 1.82) is 0 Å². The van der Waals surface area contributed by atoms with E-state index >= 15 is 0 Å². The van der Waals surface area contributed by atoms with Crippen molar-refractivity contribution in [3.8, 4) is 45.0 Å². The number of hydrogen-bond acceptors (Lipinski definition) is 4. The molecule has 0 radical (unpaired) electrons. The van der Waals surface area contributed by atoms with Gasteiger partial charge in [0.05, 0.1) is 17.0 Å². The van der Waals surface area contributed by atoms with Gasteiger partial charge < -0.3 is 13.5 Å². The number of benzene rings is 6. The smallest absolute Gasteiger partial charge is 0.497 e. The number of nitrogens with zero attached hydrogens (tertiary/aromatic N) is 5. The summed E-state index contributed by atoms with van der Waals surface area (Å²) in [7, 11) is 0. The largest absolute Gasteiger partial charge is 2.00 e. The van der Waals surface area contributed by atoms with E-state index in [2.05, 4.69) is 147 Å². The van der Waals surface area contributed by atoms with Crippen LogP contribution in [0.25, 0.3) is 88.3 Å². The van der Waals surface area contributed by atoms with Gasteiger partial charge in [-0.1, -0.05) is 113 Å². The molecule has 6 nitrogen and oxygen atoms in total. The van der Waals surface area contributed by atoms with E-state index in [-0.39, 0.29) is 21.1 Å². The van der Waals surface area contributed by atoms with Crippen molar-refractivity contribution >= 4 is 54.8 Å². The Labute approximate surface area is 362 Å². The maximum atomic E-state index is 6.70. The predicted octanol–water partition coefficient (Wildman–Crippen LogP) is 13.2. The van der Waals surface area contributed by atoms with E-state index in [1.807, 2.05) is 43.0 Å². The van der Waals surface area contributed by atoms with Crippen LogP contribution in [0.2, 0.25) is 0 Å².